The smallest absolute Gasteiger partial charge is 0.254 e. The molecule has 0 atom stereocenters. The lowest BCUT2D eigenvalue weighted by atomic mass is 9.89. The highest BCUT2D eigenvalue weighted by Gasteiger charge is 2.30. The maximum absolute atomic E-state index is 11.8. The molecule has 9 heteroatoms. The molecule has 0 bridgehead atoms. The first-order chi connectivity index (χ1) is 13.6. The normalized spacial score (nSPS) is 19.1. The Balaban J connectivity index is 1.75. The number of nitrogens with two attached hydrogens (primary N) is 1. The first-order valence-electron chi connectivity index (χ1n) is 9.07. The molecule has 142 valence electrons. The van der Waals surface area contributed by atoms with Crippen LogP contribution in [0.25, 0.3) is 27.9 Å². The van der Waals surface area contributed by atoms with Crippen LogP contribution in [0.15, 0.2) is 36.8 Å². The van der Waals surface area contributed by atoms with Crippen molar-refractivity contribution in [3.63, 3.8) is 0 Å². The number of carbonyl (C=O) groups is 1. The number of nitrogens with zero attached hydrogens (tertiary/aromatic N) is 5. The van der Waals surface area contributed by atoms with Crippen molar-refractivity contribution in [2.24, 2.45) is 5.73 Å². The van der Waals surface area contributed by atoms with Gasteiger partial charge < -0.3 is 20.7 Å². The first kappa shape index (κ1) is 16.7. The van der Waals surface area contributed by atoms with Crippen LogP contribution in [0.1, 0.15) is 29.2 Å². The molecule has 1 fully saturated rings. The molecule has 28 heavy (non-hydrogen) atoms. The van der Waals surface area contributed by atoms with Gasteiger partial charge in [-0.2, -0.15) is 9.61 Å². The molecule has 4 aromatic heterocycles. The second kappa shape index (κ2) is 6.03. The van der Waals surface area contributed by atoms with Crippen LogP contribution in [-0.2, 0) is 0 Å². The van der Waals surface area contributed by atoms with Crippen molar-refractivity contribution < 1.29 is 9.90 Å². The molecule has 0 unspecified atom stereocenters. The van der Waals surface area contributed by atoms with Crippen molar-refractivity contribution in [3.8, 4) is 11.3 Å². The zero-order chi connectivity index (χ0) is 19.4. The summed E-state index contributed by atoms with van der Waals surface area (Å²) in [7, 11) is 1.78. The number of pyridine rings is 1. The number of aliphatic hydroxyl groups excluding tert-OH is 1. The summed E-state index contributed by atoms with van der Waals surface area (Å²) in [4.78, 5) is 21.0. The molecule has 0 spiro atoms. The Morgan fingerprint density at radius 3 is 2.89 bits per heavy atom. The number of aromatic nitrogens is 5. The minimum Gasteiger partial charge on any atom is -0.393 e. The number of hydrogen-bond donors (Lipinski definition) is 3. The summed E-state index contributed by atoms with van der Waals surface area (Å²) in [6, 6.07) is 5.98. The van der Waals surface area contributed by atoms with Gasteiger partial charge in [-0.25, -0.2) is 9.97 Å². The molecule has 0 aliphatic heterocycles. The van der Waals surface area contributed by atoms with Crippen LogP contribution >= 0.6 is 0 Å². The van der Waals surface area contributed by atoms with Crippen molar-refractivity contribution in [2.75, 3.05) is 12.4 Å². The van der Waals surface area contributed by atoms with Crippen LogP contribution in [0.3, 0.4) is 0 Å². The Labute approximate surface area is 159 Å². The van der Waals surface area contributed by atoms with Crippen LogP contribution < -0.4 is 11.1 Å². The lowest BCUT2D eigenvalue weighted by molar-refractivity contribution is 0.0501. The van der Waals surface area contributed by atoms with Crippen LogP contribution in [0.4, 0.5) is 5.82 Å². The fraction of sp³-hybridized carbons (Fsp3) is 0.263. The third kappa shape index (κ3) is 2.36. The molecule has 1 amide bonds. The van der Waals surface area contributed by atoms with E-state index in [0.29, 0.717) is 30.0 Å². The Morgan fingerprint density at radius 1 is 1.36 bits per heavy atom. The summed E-state index contributed by atoms with van der Waals surface area (Å²) in [5.41, 5.74) is 8.60. The van der Waals surface area contributed by atoms with Gasteiger partial charge in [0.05, 0.1) is 18.0 Å². The lowest BCUT2D eigenvalue weighted by Gasteiger charge is -2.32. The standard InChI is InChI=1S/C19H19N7O2/c1-21-16-7-15(24-19-13(17(20)28)8-23-26(16)19)14-9-25(10-5-11(27)6-10)18-12(14)3-2-4-22-18/h2-4,7-11,21,27H,5-6H2,1H3,(H2,20,28)/t10-,11+. The van der Waals surface area contributed by atoms with E-state index < -0.39 is 5.91 Å². The van der Waals surface area contributed by atoms with Crippen LogP contribution in [0.5, 0.6) is 0 Å². The highest BCUT2D eigenvalue weighted by molar-refractivity contribution is 6.00. The molecular formula is C19H19N7O2. The zero-order valence-corrected chi connectivity index (χ0v) is 15.2. The maximum Gasteiger partial charge on any atom is 0.254 e. The zero-order valence-electron chi connectivity index (χ0n) is 15.2. The summed E-state index contributed by atoms with van der Waals surface area (Å²) in [5.74, 6) is 0.116. The quantitative estimate of drug-likeness (QED) is 0.496. The van der Waals surface area contributed by atoms with E-state index in [2.05, 4.69) is 25.0 Å². The minimum atomic E-state index is -0.575. The summed E-state index contributed by atoms with van der Waals surface area (Å²) in [5, 5.41) is 18.0. The van der Waals surface area contributed by atoms with Crippen molar-refractivity contribution in [2.45, 2.75) is 25.0 Å². The third-order valence-corrected chi connectivity index (χ3v) is 5.34. The van der Waals surface area contributed by atoms with Gasteiger partial charge in [-0.3, -0.25) is 4.79 Å². The first-order valence-corrected chi connectivity index (χ1v) is 9.07. The van der Waals surface area contributed by atoms with Crippen molar-refractivity contribution in [1.82, 2.24) is 24.1 Å². The molecule has 0 aromatic carbocycles. The summed E-state index contributed by atoms with van der Waals surface area (Å²) in [6.07, 6.45) is 6.37. The number of rotatable bonds is 4. The fourth-order valence-corrected chi connectivity index (χ4v) is 3.80. The SMILES string of the molecule is CNc1cc(-c2cn([C@H]3C[C@@H](O)C3)c3ncccc23)nc2c(C(N)=O)cnn12. The summed E-state index contributed by atoms with van der Waals surface area (Å²) in [6.45, 7) is 0. The Kier molecular flexibility index (Phi) is 3.59. The molecule has 4 heterocycles. The molecule has 1 saturated carbocycles. The molecule has 1 aliphatic rings. The number of amides is 1. The molecule has 5 rings (SSSR count). The highest BCUT2D eigenvalue weighted by atomic mass is 16.3. The van der Waals surface area contributed by atoms with E-state index in [1.807, 2.05) is 24.4 Å². The van der Waals surface area contributed by atoms with Gasteiger partial charge in [0.2, 0.25) is 0 Å². The second-order valence-electron chi connectivity index (χ2n) is 7.04. The fourth-order valence-electron chi connectivity index (χ4n) is 3.80. The van der Waals surface area contributed by atoms with Gasteiger partial charge in [-0.15, -0.1) is 0 Å². The largest absolute Gasteiger partial charge is 0.393 e. The predicted molar refractivity (Wildman–Crippen MR) is 104 cm³/mol. The Morgan fingerprint density at radius 2 is 2.18 bits per heavy atom. The minimum absolute atomic E-state index is 0.213. The van der Waals surface area contributed by atoms with E-state index in [1.54, 1.807) is 17.8 Å². The molecular weight excluding hydrogens is 358 g/mol. The molecule has 4 N–H and O–H groups in total. The number of aliphatic hydroxyl groups is 1. The van der Waals surface area contributed by atoms with E-state index in [1.165, 1.54) is 6.20 Å². The summed E-state index contributed by atoms with van der Waals surface area (Å²) < 4.78 is 3.66. The van der Waals surface area contributed by atoms with Crippen molar-refractivity contribution in [3.05, 3.63) is 42.4 Å². The average Bonchev–Trinajstić information content (AvgIpc) is 3.26. The molecule has 1 aliphatic carbocycles. The van der Waals surface area contributed by atoms with Gasteiger partial charge in [-0.05, 0) is 25.0 Å². The molecule has 4 aromatic rings. The lowest BCUT2D eigenvalue weighted by Crippen LogP contribution is -2.30. The van der Waals surface area contributed by atoms with Gasteiger partial charge in [0.25, 0.3) is 5.91 Å². The van der Waals surface area contributed by atoms with Crippen LogP contribution in [0, 0.1) is 0 Å². The topological polar surface area (TPSA) is 123 Å². The van der Waals surface area contributed by atoms with E-state index >= 15 is 0 Å². The molecule has 9 nitrogen and oxygen atoms in total. The monoisotopic (exact) mass is 377 g/mol. The number of carbonyl (C=O) groups excluding carboxylic acids is 1. The molecule has 0 radical (unpaired) electrons. The van der Waals surface area contributed by atoms with Gasteiger partial charge in [-0.1, -0.05) is 0 Å². The summed E-state index contributed by atoms with van der Waals surface area (Å²) >= 11 is 0. The number of nitrogens with one attached hydrogen (secondary N) is 1. The van der Waals surface area contributed by atoms with Crippen LogP contribution in [-0.4, -0.2) is 48.3 Å². The van der Waals surface area contributed by atoms with Gasteiger partial charge in [0.1, 0.15) is 17.0 Å². The number of primary amides is 1. The predicted octanol–water partition coefficient (Wildman–Crippen LogP) is 1.58. The number of anilines is 1. The molecule has 0 saturated heterocycles. The van der Waals surface area contributed by atoms with Gasteiger partial charge in [0.15, 0.2) is 5.65 Å². The highest BCUT2D eigenvalue weighted by Crippen LogP contribution is 2.38. The average molecular weight is 377 g/mol. The van der Waals surface area contributed by atoms with Crippen LogP contribution in [0.2, 0.25) is 0 Å². The number of fused-ring (bicyclic) bond motifs is 2. The van der Waals surface area contributed by atoms with E-state index in [9.17, 15) is 9.90 Å². The van der Waals surface area contributed by atoms with Gasteiger partial charge in [0, 0.05) is 42.5 Å². The van der Waals surface area contributed by atoms with E-state index in [0.717, 1.165) is 16.6 Å². The number of hydrogen-bond acceptors (Lipinski definition) is 6. The van der Waals surface area contributed by atoms with Gasteiger partial charge >= 0.3 is 0 Å². The Bertz CT molecular complexity index is 1220. The van der Waals surface area contributed by atoms with E-state index in [4.69, 9.17) is 5.73 Å². The Hall–Kier alpha value is -3.46. The third-order valence-electron chi connectivity index (χ3n) is 5.34. The second-order valence-corrected chi connectivity index (χ2v) is 7.04. The van der Waals surface area contributed by atoms with Crippen molar-refractivity contribution in [1.29, 1.82) is 0 Å². The van der Waals surface area contributed by atoms with E-state index in [-0.39, 0.29) is 17.7 Å². The van der Waals surface area contributed by atoms with Crippen molar-refractivity contribution >= 4 is 28.4 Å². The maximum atomic E-state index is 11.8.